The van der Waals surface area contributed by atoms with Crippen molar-refractivity contribution in [3.05, 3.63) is 35.0 Å². The first-order valence-electron chi connectivity index (χ1n) is 9.20. The first-order chi connectivity index (χ1) is 12.9. The van der Waals surface area contributed by atoms with E-state index < -0.39 is 10.0 Å². The van der Waals surface area contributed by atoms with E-state index in [1.807, 2.05) is 24.6 Å². The first-order valence-corrected chi connectivity index (χ1v) is 11.5. The number of nitrogens with one attached hydrogen (secondary N) is 1. The van der Waals surface area contributed by atoms with Crippen molar-refractivity contribution in [2.24, 2.45) is 5.92 Å². The van der Waals surface area contributed by atoms with Crippen LogP contribution < -0.4 is 5.32 Å². The van der Waals surface area contributed by atoms with Gasteiger partial charge in [-0.15, -0.1) is 11.3 Å². The smallest absolute Gasteiger partial charge is 0.252 e. The van der Waals surface area contributed by atoms with Crippen LogP contribution in [0.25, 0.3) is 0 Å². The number of rotatable bonds is 7. The molecule has 0 aromatic carbocycles. The zero-order valence-electron chi connectivity index (χ0n) is 15.7. The van der Waals surface area contributed by atoms with Crippen molar-refractivity contribution in [2.75, 3.05) is 19.6 Å². The van der Waals surface area contributed by atoms with E-state index in [-0.39, 0.29) is 18.4 Å². The molecule has 1 amide bonds. The minimum absolute atomic E-state index is 0.0607. The Kier molecular flexibility index (Phi) is 6.33. The zero-order chi connectivity index (χ0) is 19.4. The number of amides is 1. The molecule has 1 N–H and O–H groups in total. The van der Waals surface area contributed by atoms with Gasteiger partial charge < -0.3 is 5.32 Å². The number of carbonyl (C=O) groups is 1. The molecule has 1 aliphatic rings. The minimum Gasteiger partial charge on any atom is -0.356 e. The van der Waals surface area contributed by atoms with E-state index in [0.717, 1.165) is 30.8 Å². The molecule has 0 saturated carbocycles. The SMILES string of the molecule is Cc1cc(C)n(CCCNC(=O)[C@H]2CCCN(S(=O)(=O)c3cccs3)C2)n1. The lowest BCUT2D eigenvalue weighted by molar-refractivity contribution is -0.126. The monoisotopic (exact) mass is 410 g/mol. The summed E-state index contributed by atoms with van der Waals surface area (Å²) in [5.41, 5.74) is 2.10. The highest BCUT2D eigenvalue weighted by molar-refractivity contribution is 7.91. The quantitative estimate of drug-likeness (QED) is 0.709. The standard InChI is InChI=1S/C18H26N4O3S2/c1-14-12-15(2)22(20-14)10-5-8-19-18(23)16-6-3-9-21(13-16)27(24,25)17-7-4-11-26-17/h4,7,11-12,16H,3,5-6,8-10,13H2,1-2H3,(H,19,23)/t16-/m0/s1. The van der Waals surface area contributed by atoms with Crippen LogP contribution in [0.4, 0.5) is 0 Å². The summed E-state index contributed by atoms with van der Waals surface area (Å²) < 4.78 is 29.1. The molecule has 3 rings (SSSR count). The molecule has 7 nitrogen and oxygen atoms in total. The summed E-state index contributed by atoms with van der Waals surface area (Å²) in [6.07, 6.45) is 2.21. The molecule has 2 aromatic heterocycles. The Morgan fingerprint density at radius 2 is 2.22 bits per heavy atom. The van der Waals surface area contributed by atoms with Gasteiger partial charge in [-0.25, -0.2) is 8.42 Å². The van der Waals surface area contributed by atoms with Crippen LogP contribution in [0.5, 0.6) is 0 Å². The van der Waals surface area contributed by atoms with Gasteiger partial charge in [0.1, 0.15) is 4.21 Å². The number of piperidine rings is 1. The maximum atomic E-state index is 12.7. The number of thiophene rings is 1. The Bertz CT molecular complexity index is 875. The van der Waals surface area contributed by atoms with Crippen molar-refractivity contribution in [2.45, 2.75) is 43.9 Å². The van der Waals surface area contributed by atoms with Gasteiger partial charge in [-0.2, -0.15) is 9.40 Å². The van der Waals surface area contributed by atoms with Gasteiger partial charge in [0.05, 0.1) is 11.6 Å². The molecule has 1 atom stereocenters. The number of aryl methyl sites for hydroxylation is 3. The summed E-state index contributed by atoms with van der Waals surface area (Å²) in [5, 5.41) is 9.12. The number of sulfonamides is 1. The minimum atomic E-state index is -3.49. The van der Waals surface area contributed by atoms with E-state index in [0.29, 0.717) is 23.7 Å². The molecular weight excluding hydrogens is 384 g/mol. The van der Waals surface area contributed by atoms with Gasteiger partial charge in [-0.3, -0.25) is 9.48 Å². The van der Waals surface area contributed by atoms with Gasteiger partial charge in [0.15, 0.2) is 0 Å². The summed E-state index contributed by atoms with van der Waals surface area (Å²) in [5.74, 6) is -0.350. The van der Waals surface area contributed by atoms with Gasteiger partial charge in [0.2, 0.25) is 5.91 Å². The molecule has 2 aromatic rings. The molecule has 0 radical (unpaired) electrons. The van der Waals surface area contributed by atoms with Crippen LogP contribution in [-0.4, -0.2) is 48.0 Å². The van der Waals surface area contributed by atoms with E-state index in [9.17, 15) is 13.2 Å². The number of aromatic nitrogens is 2. The van der Waals surface area contributed by atoms with E-state index in [1.165, 1.54) is 15.6 Å². The predicted molar refractivity (Wildman–Crippen MR) is 105 cm³/mol. The lowest BCUT2D eigenvalue weighted by Gasteiger charge is -2.30. The van der Waals surface area contributed by atoms with Gasteiger partial charge in [0.25, 0.3) is 10.0 Å². The van der Waals surface area contributed by atoms with E-state index in [4.69, 9.17) is 0 Å². The summed E-state index contributed by atoms with van der Waals surface area (Å²) >= 11 is 1.21. The second kappa shape index (κ2) is 8.53. The number of nitrogens with zero attached hydrogens (tertiary/aromatic N) is 3. The molecule has 0 bridgehead atoms. The highest BCUT2D eigenvalue weighted by Gasteiger charge is 2.33. The highest BCUT2D eigenvalue weighted by atomic mass is 32.2. The van der Waals surface area contributed by atoms with Crippen LogP contribution in [0.2, 0.25) is 0 Å². The molecular formula is C18H26N4O3S2. The third kappa shape index (κ3) is 4.77. The second-order valence-electron chi connectivity index (χ2n) is 6.93. The van der Waals surface area contributed by atoms with Gasteiger partial charge in [0, 0.05) is 31.9 Å². The Balaban J connectivity index is 1.49. The van der Waals surface area contributed by atoms with Crippen LogP contribution in [0.1, 0.15) is 30.7 Å². The van der Waals surface area contributed by atoms with Crippen LogP contribution in [0.3, 0.4) is 0 Å². The van der Waals surface area contributed by atoms with E-state index in [2.05, 4.69) is 10.4 Å². The van der Waals surface area contributed by atoms with Crippen molar-refractivity contribution < 1.29 is 13.2 Å². The maximum Gasteiger partial charge on any atom is 0.252 e. The Morgan fingerprint density at radius 1 is 1.41 bits per heavy atom. The Labute approximate surface area is 164 Å². The van der Waals surface area contributed by atoms with Crippen molar-refractivity contribution >= 4 is 27.3 Å². The van der Waals surface area contributed by atoms with Gasteiger partial charge in [-0.05, 0) is 50.6 Å². The first kappa shape index (κ1) is 20.0. The topological polar surface area (TPSA) is 84.3 Å². The van der Waals surface area contributed by atoms with Gasteiger partial charge >= 0.3 is 0 Å². The summed E-state index contributed by atoms with van der Waals surface area (Å²) in [6, 6.07) is 5.38. The molecule has 0 spiro atoms. The lowest BCUT2D eigenvalue weighted by Crippen LogP contribution is -2.45. The Hall–Kier alpha value is -1.71. The fourth-order valence-electron chi connectivity index (χ4n) is 3.40. The van der Waals surface area contributed by atoms with Crippen molar-refractivity contribution in [3.8, 4) is 0 Å². The number of hydrogen-bond donors (Lipinski definition) is 1. The molecule has 0 aliphatic carbocycles. The highest BCUT2D eigenvalue weighted by Crippen LogP contribution is 2.26. The van der Waals surface area contributed by atoms with E-state index in [1.54, 1.807) is 17.5 Å². The molecule has 9 heteroatoms. The number of hydrogen-bond acceptors (Lipinski definition) is 5. The number of carbonyl (C=O) groups excluding carboxylic acids is 1. The predicted octanol–water partition coefficient (Wildman–Crippen LogP) is 2.17. The summed E-state index contributed by atoms with van der Waals surface area (Å²) in [7, 11) is -3.49. The van der Waals surface area contributed by atoms with Crippen LogP contribution in [0.15, 0.2) is 27.8 Å². The largest absolute Gasteiger partial charge is 0.356 e. The summed E-state index contributed by atoms with van der Waals surface area (Å²) in [4.78, 5) is 12.5. The fourth-order valence-corrected chi connectivity index (χ4v) is 6.07. The Morgan fingerprint density at radius 3 is 2.89 bits per heavy atom. The molecule has 1 saturated heterocycles. The van der Waals surface area contributed by atoms with Crippen LogP contribution >= 0.6 is 11.3 Å². The molecule has 27 heavy (non-hydrogen) atoms. The zero-order valence-corrected chi connectivity index (χ0v) is 17.4. The summed E-state index contributed by atoms with van der Waals surface area (Å²) in [6.45, 7) is 6.02. The average Bonchev–Trinajstić information content (AvgIpc) is 3.29. The van der Waals surface area contributed by atoms with E-state index >= 15 is 0 Å². The van der Waals surface area contributed by atoms with Gasteiger partial charge in [-0.1, -0.05) is 6.07 Å². The second-order valence-corrected chi connectivity index (χ2v) is 10.0. The van der Waals surface area contributed by atoms with Crippen molar-refractivity contribution in [1.29, 1.82) is 0 Å². The fraction of sp³-hybridized carbons (Fsp3) is 0.556. The maximum absolute atomic E-state index is 12.7. The molecule has 148 valence electrons. The van der Waals surface area contributed by atoms with Crippen LogP contribution in [-0.2, 0) is 21.4 Å². The normalized spacial score (nSPS) is 18.5. The lowest BCUT2D eigenvalue weighted by atomic mass is 9.99. The third-order valence-electron chi connectivity index (χ3n) is 4.79. The van der Waals surface area contributed by atoms with Crippen LogP contribution in [0, 0.1) is 19.8 Å². The molecule has 3 heterocycles. The van der Waals surface area contributed by atoms with Crippen molar-refractivity contribution in [3.63, 3.8) is 0 Å². The van der Waals surface area contributed by atoms with Crippen molar-refractivity contribution in [1.82, 2.24) is 19.4 Å². The molecule has 1 aliphatic heterocycles. The third-order valence-corrected chi connectivity index (χ3v) is 8.03. The molecule has 0 unspecified atom stereocenters. The molecule has 1 fully saturated rings. The average molecular weight is 411 g/mol.